The molecule has 2 atom stereocenters. The van der Waals surface area contributed by atoms with E-state index in [1.165, 1.54) is 19.2 Å². The minimum atomic E-state index is -1.12. The average Bonchev–Trinajstić information content (AvgIpc) is 3.52. The molecule has 1 aliphatic carbocycles. The molecule has 6 N–H and O–H groups in total. The number of amides is 1. The van der Waals surface area contributed by atoms with Gasteiger partial charge in [-0.25, -0.2) is 9.59 Å². The number of carboxylic acid groups (broad SMARTS) is 1. The first kappa shape index (κ1) is 23.2. The highest BCUT2D eigenvalue weighted by molar-refractivity contribution is 5.98. The number of carbonyl (C=O) groups excluding carboxylic acids is 2. The minimum Gasteiger partial charge on any atom is -0.507 e. The molecule has 10 heteroatoms. The second-order valence-corrected chi connectivity index (χ2v) is 8.56. The summed E-state index contributed by atoms with van der Waals surface area (Å²) < 4.78 is 4.83. The molecule has 2 aromatic heterocycles. The Morgan fingerprint density at radius 3 is 2.62 bits per heavy atom. The van der Waals surface area contributed by atoms with Gasteiger partial charge in [0.15, 0.2) is 0 Å². The van der Waals surface area contributed by atoms with Crippen molar-refractivity contribution >= 4 is 28.7 Å². The van der Waals surface area contributed by atoms with Crippen LogP contribution in [0.15, 0.2) is 36.5 Å². The van der Waals surface area contributed by atoms with E-state index in [0.717, 1.165) is 12.8 Å². The molecular weight excluding hydrogens is 440 g/mol. The molecule has 0 radical (unpaired) electrons. The first-order chi connectivity index (χ1) is 16.2. The average molecular weight is 466 g/mol. The van der Waals surface area contributed by atoms with Gasteiger partial charge in [-0.15, -0.1) is 0 Å². The number of nitrogens with zero attached hydrogens (tertiary/aromatic N) is 1. The fourth-order valence-electron chi connectivity index (χ4n) is 3.86. The summed E-state index contributed by atoms with van der Waals surface area (Å²) in [6.07, 6.45) is 4.45. The summed E-state index contributed by atoms with van der Waals surface area (Å²) in [5.41, 5.74) is 8.27. The fraction of sp³-hybridized carbons (Fsp3) is 0.333. The molecule has 0 aliphatic heterocycles. The number of carbonyl (C=O) groups is 3. The highest BCUT2D eigenvalue weighted by atomic mass is 16.5. The summed E-state index contributed by atoms with van der Waals surface area (Å²) in [6, 6.07) is 6.49. The number of H-pyrrole nitrogens is 1. The van der Waals surface area contributed by atoms with Gasteiger partial charge in [0, 0.05) is 29.3 Å². The Balaban J connectivity index is 1.49. The SMILES string of the molecule is COC(=O)[C@H](Cc1ccc(-c2cc(O)c3cc(C(=O)O)[nH]c3c2)cn1)NC(=O)[C@@H](N)CC1CC1. The van der Waals surface area contributed by atoms with Crippen LogP contribution in [0.25, 0.3) is 22.0 Å². The molecule has 1 saturated carbocycles. The van der Waals surface area contributed by atoms with Gasteiger partial charge in [0.25, 0.3) is 0 Å². The van der Waals surface area contributed by atoms with Crippen LogP contribution in [0.3, 0.4) is 0 Å². The first-order valence-electron chi connectivity index (χ1n) is 10.9. The molecule has 0 spiro atoms. The van der Waals surface area contributed by atoms with E-state index in [1.54, 1.807) is 24.4 Å². The molecule has 0 unspecified atom stereocenters. The fourth-order valence-corrected chi connectivity index (χ4v) is 3.86. The van der Waals surface area contributed by atoms with Gasteiger partial charge in [-0.2, -0.15) is 0 Å². The van der Waals surface area contributed by atoms with E-state index in [4.69, 9.17) is 15.6 Å². The van der Waals surface area contributed by atoms with E-state index in [0.29, 0.717) is 40.1 Å². The third kappa shape index (κ3) is 5.18. The van der Waals surface area contributed by atoms with Crippen molar-refractivity contribution in [2.24, 2.45) is 11.7 Å². The monoisotopic (exact) mass is 466 g/mol. The maximum Gasteiger partial charge on any atom is 0.352 e. The Kier molecular flexibility index (Phi) is 6.51. The Morgan fingerprint density at radius 1 is 1.24 bits per heavy atom. The number of aromatic nitrogens is 2. The second-order valence-electron chi connectivity index (χ2n) is 8.56. The number of aromatic hydroxyl groups is 1. The van der Waals surface area contributed by atoms with Crippen LogP contribution < -0.4 is 11.1 Å². The zero-order valence-corrected chi connectivity index (χ0v) is 18.6. The summed E-state index contributed by atoms with van der Waals surface area (Å²) >= 11 is 0. The Bertz CT molecular complexity index is 1230. The maximum absolute atomic E-state index is 12.4. The van der Waals surface area contributed by atoms with E-state index in [1.807, 2.05) is 0 Å². The Labute approximate surface area is 195 Å². The van der Waals surface area contributed by atoms with Crippen LogP contribution in [0.2, 0.25) is 0 Å². The lowest BCUT2D eigenvalue weighted by Gasteiger charge is -2.19. The number of ether oxygens (including phenoxy) is 1. The predicted molar refractivity (Wildman–Crippen MR) is 123 cm³/mol. The number of phenols is 1. The number of nitrogens with two attached hydrogens (primary N) is 1. The molecule has 4 rings (SSSR count). The number of phenolic OH excluding ortho intramolecular Hbond substituents is 1. The number of rotatable bonds is 9. The molecule has 178 valence electrons. The number of aromatic amines is 1. The number of pyridine rings is 1. The highest BCUT2D eigenvalue weighted by Gasteiger charge is 2.30. The lowest BCUT2D eigenvalue weighted by atomic mass is 10.0. The van der Waals surface area contributed by atoms with Crippen LogP contribution in [0.1, 0.15) is 35.4 Å². The van der Waals surface area contributed by atoms with Crippen molar-refractivity contribution < 1.29 is 29.3 Å². The molecule has 0 bridgehead atoms. The van der Waals surface area contributed by atoms with E-state index >= 15 is 0 Å². The molecule has 1 fully saturated rings. The number of benzene rings is 1. The third-order valence-corrected chi connectivity index (χ3v) is 5.94. The van der Waals surface area contributed by atoms with Crippen molar-refractivity contribution in [3.8, 4) is 16.9 Å². The zero-order chi connectivity index (χ0) is 24.4. The van der Waals surface area contributed by atoms with Crippen LogP contribution in [-0.4, -0.2) is 57.2 Å². The topological polar surface area (TPSA) is 168 Å². The molecule has 3 aromatic rings. The zero-order valence-electron chi connectivity index (χ0n) is 18.6. The number of esters is 1. The lowest BCUT2D eigenvalue weighted by Crippen LogP contribution is -2.49. The van der Waals surface area contributed by atoms with Crippen LogP contribution in [-0.2, 0) is 20.7 Å². The lowest BCUT2D eigenvalue weighted by molar-refractivity contribution is -0.145. The van der Waals surface area contributed by atoms with Gasteiger partial charge in [0.1, 0.15) is 17.5 Å². The van der Waals surface area contributed by atoms with Gasteiger partial charge in [-0.1, -0.05) is 18.9 Å². The molecule has 0 saturated heterocycles. The predicted octanol–water partition coefficient (Wildman–Crippen LogP) is 1.96. The molecule has 1 aliphatic rings. The maximum atomic E-state index is 12.4. The third-order valence-electron chi connectivity index (χ3n) is 5.94. The van der Waals surface area contributed by atoms with Crippen molar-refractivity contribution in [1.29, 1.82) is 0 Å². The number of hydrogen-bond donors (Lipinski definition) is 5. The highest BCUT2D eigenvalue weighted by Crippen LogP contribution is 2.33. The standard InChI is InChI=1S/C24H26N4O6/c1-34-24(33)20(28-22(30)17(25)6-12-2-3-12)9-15-5-4-13(11-26-15)14-7-18-16(21(29)8-14)10-19(27-18)23(31)32/h4-5,7-8,10-12,17,20,27,29H,2-3,6,9,25H2,1H3,(H,28,30)(H,31,32)/t17-,20-/m0/s1. The summed E-state index contributed by atoms with van der Waals surface area (Å²) in [5.74, 6) is -1.68. The number of aromatic carboxylic acids is 1. The number of hydrogen-bond acceptors (Lipinski definition) is 7. The normalized spacial score (nSPS) is 15.0. The van der Waals surface area contributed by atoms with Crippen molar-refractivity contribution in [2.75, 3.05) is 7.11 Å². The van der Waals surface area contributed by atoms with E-state index in [9.17, 15) is 19.5 Å². The summed E-state index contributed by atoms with van der Waals surface area (Å²) in [5, 5.41) is 22.6. The first-order valence-corrected chi connectivity index (χ1v) is 10.9. The van der Waals surface area contributed by atoms with Crippen LogP contribution in [0.4, 0.5) is 0 Å². The van der Waals surface area contributed by atoms with Gasteiger partial charge in [0.05, 0.1) is 18.7 Å². The van der Waals surface area contributed by atoms with Gasteiger partial charge < -0.3 is 31.0 Å². The van der Waals surface area contributed by atoms with E-state index in [-0.39, 0.29) is 17.9 Å². The van der Waals surface area contributed by atoms with E-state index < -0.39 is 29.9 Å². The van der Waals surface area contributed by atoms with Crippen LogP contribution in [0.5, 0.6) is 5.75 Å². The Hall–Kier alpha value is -3.92. The van der Waals surface area contributed by atoms with Crippen molar-refractivity contribution in [1.82, 2.24) is 15.3 Å². The van der Waals surface area contributed by atoms with Crippen molar-refractivity contribution in [3.05, 3.63) is 47.9 Å². The van der Waals surface area contributed by atoms with Crippen molar-refractivity contribution in [3.63, 3.8) is 0 Å². The van der Waals surface area contributed by atoms with Crippen molar-refractivity contribution in [2.45, 2.75) is 37.8 Å². The summed E-state index contributed by atoms with van der Waals surface area (Å²) in [6.45, 7) is 0. The number of carboxylic acids is 1. The number of methoxy groups -OCH3 is 1. The van der Waals surface area contributed by atoms with Gasteiger partial charge >= 0.3 is 11.9 Å². The molecule has 10 nitrogen and oxygen atoms in total. The second kappa shape index (κ2) is 9.52. The van der Waals surface area contributed by atoms with Crippen LogP contribution >= 0.6 is 0 Å². The smallest absolute Gasteiger partial charge is 0.352 e. The molecule has 1 aromatic carbocycles. The molecule has 34 heavy (non-hydrogen) atoms. The largest absolute Gasteiger partial charge is 0.507 e. The quantitative estimate of drug-likeness (QED) is 0.298. The number of nitrogens with one attached hydrogen (secondary N) is 2. The van der Waals surface area contributed by atoms with Gasteiger partial charge in [-0.05, 0) is 42.2 Å². The molecule has 1 amide bonds. The summed E-state index contributed by atoms with van der Waals surface area (Å²) in [4.78, 5) is 43.0. The van der Waals surface area contributed by atoms with Gasteiger partial charge in [0.2, 0.25) is 5.91 Å². The van der Waals surface area contributed by atoms with Gasteiger partial charge in [-0.3, -0.25) is 9.78 Å². The Morgan fingerprint density at radius 2 is 2.00 bits per heavy atom. The minimum absolute atomic E-state index is 0.0244. The van der Waals surface area contributed by atoms with E-state index in [2.05, 4.69) is 15.3 Å². The molecular formula is C24H26N4O6. The molecule has 2 heterocycles. The van der Waals surface area contributed by atoms with Crippen LogP contribution in [0, 0.1) is 5.92 Å². The summed E-state index contributed by atoms with van der Waals surface area (Å²) in [7, 11) is 1.25. The number of fused-ring (bicyclic) bond motifs is 1.